The standard InChI is InChI=1S/C13H13NO5/c1-7(15)4-8-2-3-10-9(5-8)6-13(14-10,11(16)17)12(18)19/h2-3,5,14H,4,6H2,1H3,(H,16,17)(H,18,19). The molecule has 0 fully saturated rings. The summed E-state index contributed by atoms with van der Waals surface area (Å²) in [7, 11) is 0. The second-order valence-electron chi connectivity index (χ2n) is 4.69. The molecular formula is C13H13NO5. The number of hydrogen-bond donors (Lipinski definition) is 3. The highest BCUT2D eigenvalue weighted by Crippen LogP contribution is 2.33. The van der Waals surface area contributed by atoms with Gasteiger partial charge in [-0.3, -0.25) is 4.79 Å². The molecular weight excluding hydrogens is 250 g/mol. The fraction of sp³-hybridized carbons (Fsp3) is 0.308. The minimum atomic E-state index is -2.02. The molecule has 2 rings (SSSR count). The van der Waals surface area contributed by atoms with E-state index in [0.29, 0.717) is 11.3 Å². The number of Topliss-reactive ketones (excluding diaryl/α,β-unsaturated/α-hetero) is 1. The summed E-state index contributed by atoms with van der Waals surface area (Å²) in [5.74, 6) is -2.86. The minimum absolute atomic E-state index is 0.00589. The molecule has 0 aromatic heterocycles. The summed E-state index contributed by atoms with van der Waals surface area (Å²) in [6.45, 7) is 1.46. The molecule has 0 saturated heterocycles. The predicted octanol–water partition coefficient (Wildman–Crippen LogP) is 0.694. The number of carboxylic acids is 2. The Morgan fingerprint density at radius 1 is 1.26 bits per heavy atom. The highest BCUT2D eigenvalue weighted by Gasteiger charge is 2.51. The van der Waals surface area contributed by atoms with Gasteiger partial charge in [-0.25, -0.2) is 9.59 Å². The Kier molecular flexibility index (Phi) is 3.01. The van der Waals surface area contributed by atoms with Gasteiger partial charge in [0.1, 0.15) is 5.78 Å². The number of carbonyl (C=O) groups excluding carboxylic acids is 1. The van der Waals surface area contributed by atoms with Gasteiger partial charge in [-0.15, -0.1) is 0 Å². The van der Waals surface area contributed by atoms with Crippen molar-refractivity contribution in [1.29, 1.82) is 0 Å². The Morgan fingerprint density at radius 2 is 1.89 bits per heavy atom. The van der Waals surface area contributed by atoms with Gasteiger partial charge in [0.15, 0.2) is 0 Å². The minimum Gasteiger partial charge on any atom is -0.479 e. The lowest BCUT2D eigenvalue weighted by Gasteiger charge is -2.19. The number of rotatable bonds is 4. The second kappa shape index (κ2) is 4.38. The third-order valence-corrected chi connectivity index (χ3v) is 3.16. The van der Waals surface area contributed by atoms with E-state index in [4.69, 9.17) is 10.2 Å². The van der Waals surface area contributed by atoms with E-state index in [9.17, 15) is 14.4 Å². The van der Waals surface area contributed by atoms with Crippen molar-refractivity contribution >= 4 is 23.4 Å². The van der Waals surface area contributed by atoms with Gasteiger partial charge in [-0.05, 0) is 24.1 Å². The fourth-order valence-corrected chi connectivity index (χ4v) is 2.22. The lowest BCUT2D eigenvalue weighted by molar-refractivity contribution is -0.155. The molecule has 6 heteroatoms. The maximum absolute atomic E-state index is 11.2. The van der Waals surface area contributed by atoms with Gasteiger partial charge in [-0.1, -0.05) is 12.1 Å². The molecule has 6 nitrogen and oxygen atoms in total. The van der Waals surface area contributed by atoms with Gasteiger partial charge < -0.3 is 15.5 Å². The molecule has 0 aliphatic carbocycles. The van der Waals surface area contributed by atoms with Crippen molar-refractivity contribution in [3.63, 3.8) is 0 Å². The van der Waals surface area contributed by atoms with Crippen LogP contribution in [0.4, 0.5) is 5.69 Å². The van der Waals surface area contributed by atoms with Crippen molar-refractivity contribution in [1.82, 2.24) is 0 Å². The van der Waals surface area contributed by atoms with Crippen LogP contribution in [0.2, 0.25) is 0 Å². The summed E-state index contributed by atoms with van der Waals surface area (Å²) < 4.78 is 0. The monoisotopic (exact) mass is 263 g/mol. The van der Waals surface area contributed by atoms with Crippen LogP contribution in [-0.4, -0.2) is 33.5 Å². The number of carbonyl (C=O) groups is 3. The third kappa shape index (κ3) is 2.16. The van der Waals surface area contributed by atoms with Crippen LogP contribution in [0.1, 0.15) is 18.1 Å². The number of benzene rings is 1. The van der Waals surface area contributed by atoms with Gasteiger partial charge in [0, 0.05) is 18.5 Å². The summed E-state index contributed by atoms with van der Waals surface area (Å²) in [6.07, 6.45) is 0.110. The van der Waals surface area contributed by atoms with Crippen molar-refractivity contribution in [3.05, 3.63) is 29.3 Å². The van der Waals surface area contributed by atoms with E-state index in [1.54, 1.807) is 18.2 Å². The van der Waals surface area contributed by atoms with Crippen molar-refractivity contribution in [2.24, 2.45) is 0 Å². The second-order valence-corrected chi connectivity index (χ2v) is 4.69. The molecule has 0 bridgehead atoms. The van der Waals surface area contributed by atoms with Gasteiger partial charge in [-0.2, -0.15) is 0 Å². The summed E-state index contributed by atoms with van der Waals surface area (Å²) in [6, 6.07) is 4.98. The van der Waals surface area contributed by atoms with Crippen molar-refractivity contribution in [2.75, 3.05) is 5.32 Å². The van der Waals surface area contributed by atoms with Crippen molar-refractivity contribution in [3.8, 4) is 0 Å². The highest BCUT2D eigenvalue weighted by molar-refractivity contribution is 6.08. The van der Waals surface area contributed by atoms with Gasteiger partial charge in [0.25, 0.3) is 0 Å². The largest absolute Gasteiger partial charge is 0.479 e. The smallest absolute Gasteiger partial charge is 0.341 e. The molecule has 3 N–H and O–H groups in total. The summed E-state index contributed by atoms with van der Waals surface area (Å²) in [5, 5.41) is 20.8. The highest BCUT2D eigenvalue weighted by atomic mass is 16.4. The average Bonchev–Trinajstić information content (AvgIpc) is 2.68. The molecule has 1 aliphatic heterocycles. The van der Waals surface area contributed by atoms with Gasteiger partial charge in [0.05, 0.1) is 0 Å². The number of ketones is 1. The fourth-order valence-electron chi connectivity index (χ4n) is 2.22. The van der Waals surface area contributed by atoms with E-state index in [2.05, 4.69) is 5.32 Å². The molecule has 0 atom stereocenters. The van der Waals surface area contributed by atoms with Crippen LogP contribution in [0.3, 0.4) is 0 Å². The molecule has 1 heterocycles. The molecule has 0 spiro atoms. The first-order valence-corrected chi connectivity index (χ1v) is 5.71. The Labute approximate surface area is 109 Å². The predicted molar refractivity (Wildman–Crippen MR) is 66.2 cm³/mol. The van der Waals surface area contributed by atoms with E-state index in [0.717, 1.165) is 5.56 Å². The number of carboxylic acid groups (broad SMARTS) is 2. The lowest BCUT2D eigenvalue weighted by atomic mass is 9.94. The molecule has 1 aromatic carbocycles. The van der Waals surface area contributed by atoms with E-state index >= 15 is 0 Å². The van der Waals surface area contributed by atoms with Gasteiger partial charge in [0.2, 0.25) is 5.54 Å². The Morgan fingerprint density at radius 3 is 2.42 bits per heavy atom. The summed E-state index contributed by atoms with van der Waals surface area (Å²) in [5.41, 5.74) is -0.183. The van der Waals surface area contributed by atoms with E-state index < -0.39 is 17.5 Å². The Hall–Kier alpha value is -2.37. The van der Waals surface area contributed by atoms with Gasteiger partial charge >= 0.3 is 11.9 Å². The molecule has 100 valence electrons. The van der Waals surface area contributed by atoms with Crippen LogP contribution in [0.15, 0.2) is 18.2 Å². The van der Waals surface area contributed by atoms with Crippen LogP contribution in [-0.2, 0) is 27.2 Å². The third-order valence-electron chi connectivity index (χ3n) is 3.16. The molecule has 0 saturated carbocycles. The van der Waals surface area contributed by atoms with Crippen LogP contribution in [0.5, 0.6) is 0 Å². The zero-order valence-electron chi connectivity index (χ0n) is 10.3. The average molecular weight is 263 g/mol. The van der Waals surface area contributed by atoms with E-state index in [1.165, 1.54) is 6.92 Å². The summed E-state index contributed by atoms with van der Waals surface area (Å²) in [4.78, 5) is 33.5. The van der Waals surface area contributed by atoms with Crippen LogP contribution in [0, 0.1) is 0 Å². The first kappa shape index (κ1) is 13.1. The maximum Gasteiger partial charge on any atom is 0.341 e. The molecule has 1 aromatic rings. The lowest BCUT2D eigenvalue weighted by Crippen LogP contribution is -2.52. The molecule has 19 heavy (non-hydrogen) atoms. The number of nitrogens with one attached hydrogen (secondary N) is 1. The van der Waals surface area contributed by atoms with Crippen LogP contribution >= 0.6 is 0 Å². The number of fused-ring (bicyclic) bond motifs is 1. The van der Waals surface area contributed by atoms with E-state index in [1.807, 2.05) is 0 Å². The Bertz CT molecular complexity index is 564. The van der Waals surface area contributed by atoms with Crippen molar-refractivity contribution in [2.45, 2.75) is 25.3 Å². The zero-order valence-corrected chi connectivity index (χ0v) is 10.3. The Balaban J connectivity index is 2.36. The van der Waals surface area contributed by atoms with Crippen LogP contribution < -0.4 is 5.32 Å². The van der Waals surface area contributed by atoms with E-state index in [-0.39, 0.29) is 18.6 Å². The molecule has 0 radical (unpaired) electrons. The number of anilines is 1. The zero-order chi connectivity index (χ0) is 14.2. The van der Waals surface area contributed by atoms with Crippen molar-refractivity contribution < 1.29 is 24.6 Å². The summed E-state index contributed by atoms with van der Waals surface area (Å²) >= 11 is 0. The maximum atomic E-state index is 11.2. The molecule has 1 aliphatic rings. The molecule has 0 unspecified atom stereocenters. The SMILES string of the molecule is CC(=O)Cc1ccc2c(c1)CC(C(=O)O)(C(=O)O)N2. The topological polar surface area (TPSA) is 104 Å². The quantitative estimate of drug-likeness (QED) is 0.691. The first-order valence-electron chi connectivity index (χ1n) is 5.71. The number of aliphatic carboxylic acids is 2. The van der Waals surface area contributed by atoms with Crippen LogP contribution in [0.25, 0.3) is 0 Å². The number of hydrogen-bond acceptors (Lipinski definition) is 4. The first-order chi connectivity index (χ1) is 8.85. The normalized spacial score (nSPS) is 15.4. The molecule has 0 amide bonds.